The summed E-state index contributed by atoms with van der Waals surface area (Å²) in [5.41, 5.74) is 5.51. The van der Waals surface area contributed by atoms with Crippen molar-refractivity contribution in [3.05, 3.63) is 12.7 Å². The molecule has 198 valence electrons. The van der Waals surface area contributed by atoms with Gasteiger partial charge in [-0.25, -0.2) is 28.3 Å². The lowest BCUT2D eigenvalue weighted by atomic mass is 10.1. The van der Waals surface area contributed by atoms with Crippen molar-refractivity contribution in [1.29, 1.82) is 0 Å². The first-order valence-electron chi connectivity index (χ1n) is 8.49. The van der Waals surface area contributed by atoms with E-state index in [1.54, 1.807) is 0 Å². The number of nitrogens with zero attached hydrogens (tertiary/aromatic N) is 4. The molecule has 0 spiro atoms. The first-order valence-corrected chi connectivity index (χ1v) is 14.2. The van der Waals surface area contributed by atoms with Crippen LogP contribution >= 0.6 is 15.6 Å². The van der Waals surface area contributed by atoms with E-state index in [4.69, 9.17) is 15.0 Å². The van der Waals surface area contributed by atoms with Gasteiger partial charge in [-0.05, 0) is 0 Å². The molecule has 2 aromatic rings. The molecule has 0 amide bonds. The second-order valence-corrected chi connectivity index (χ2v) is 11.4. The van der Waals surface area contributed by atoms with Gasteiger partial charge in [0.25, 0.3) is 0 Å². The number of phosphoric acid groups is 2. The molecule has 1 fully saturated rings. The number of hydrogen-bond donors (Lipinski definition) is 6. The first-order chi connectivity index (χ1) is 15.9. The third kappa shape index (κ3) is 7.41. The van der Waals surface area contributed by atoms with Crippen molar-refractivity contribution in [3.63, 3.8) is 0 Å². The number of fused-ring (bicyclic) bond motifs is 1. The average molecular weight is 587 g/mol. The van der Waals surface area contributed by atoms with E-state index >= 15 is 0 Å². The van der Waals surface area contributed by atoms with Gasteiger partial charge in [0.2, 0.25) is 0 Å². The molecule has 0 saturated carbocycles. The molecule has 21 nitrogen and oxygen atoms in total. The van der Waals surface area contributed by atoms with Crippen molar-refractivity contribution in [1.82, 2.24) is 19.5 Å². The van der Waals surface area contributed by atoms with Gasteiger partial charge in [0, 0.05) is 0 Å². The molecule has 35 heavy (non-hydrogen) atoms. The van der Waals surface area contributed by atoms with Crippen LogP contribution in [0, 0.1) is 0 Å². The lowest BCUT2D eigenvalue weighted by molar-refractivity contribution is -0.0475. The van der Waals surface area contributed by atoms with Crippen molar-refractivity contribution in [3.8, 4) is 0 Å². The molecule has 25 heteroatoms. The molecule has 2 aromatic heterocycles. The number of nitrogens with two attached hydrogens (primary N) is 1. The minimum absolute atomic E-state index is 0.0322. The molecule has 1 saturated heterocycles. The first kappa shape index (κ1) is 27.9. The highest BCUT2D eigenvalue weighted by Crippen LogP contribution is 2.49. The number of nitrogen functional groups attached to an aromatic ring is 1. The van der Waals surface area contributed by atoms with Gasteiger partial charge in [0.15, 0.2) is 23.8 Å². The van der Waals surface area contributed by atoms with Crippen LogP contribution in [-0.2, 0) is 51.9 Å². The summed E-state index contributed by atoms with van der Waals surface area (Å²) in [5, 5.41) is 0. The molecule has 3 rings (SSSR count). The van der Waals surface area contributed by atoms with E-state index in [9.17, 15) is 45.2 Å². The third-order valence-electron chi connectivity index (χ3n) is 4.03. The number of aromatic nitrogens is 4. The van der Waals surface area contributed by atoms with E-state index in [1.165, 1.54) is 0 Å². The Balaban J connectivity index is 2.03. The zero-order valence-electron chi connectivity index (χ0n) is 16.5. The van der Waals surface area contributed by atoms with Crippen molar-refractivity contribution in [2.45, 2.75) is 24.5 Å². The van der Waals surface area contributed by atoms with Crippen LogP contribution in [0.1, 0.15) is 6.23 Å². The average Bonchev–Trinajstić information content (AvgIpc) is 3.19. The van der Waals surface area contributed by atoms with Crippen LogP contribution < -0.4 is 5.73 Å². The minimum atomic E-state index is -5.56. The highest BCUT2D eigenvalue weighted by molar-refractivity contribution is 7.85. The number of ether oxygens (including phenoxy) is 1. The molecule has 0 aromatic carbocycles. The fourth-order valence-corrected chi connectivity index (χ4v) is 5.48. The van der Waals surface area contributed by atoms with Crippen molar-refractivity contribution >= 4 is 53.4 Å². The molecule has 5 atom stereocenters. The summed E-state index contributed by atoms with van der Waals surface area (Å²) in [4.78, 5) is 39.3. The van der Waals surface area contributed by atoms with Gasteiger partial charge >= 0.3 is 36.4 Å². The van der Waals surface area contributed by atoms with E-state index < -0.39 is 67.6 Å². The molecule has 1 aliphatic heterocycles. The van der Waals surface area contributed by atoms with Crippen LogP contribution in [-0.4, -0.2) is 85.1 Å². The minimum Gasteiger partial charge on any atom is -0.382 e. The maximum atomic E-state index is 11.7. The predicted octanol–water partition coefficient (Wildman–Crippen LogP) is -2.09. The molecule has 0 aliphatic carbocycles. The summed E-state index contributed by atoms with van der Waals surface area (Å²) in [6, 6.07) is 0. The standard InChI is InChI=1S/C10H15N5O16P2S2/c11-8-5-9(13-2-12-8)15(3-14-5)10-7(30-34(21,22)23)6(29-32(16,17)18)4(28-10)1-27-33(19,20)31-35(24,25)26/h2-4,6-7,10H,1H2,(H,19,20)(H2,11,12,13)(H2,16,17,18)(H,21,22,23)(H,24,25,26)/t4-,6-,7-,10-/m1/s1. The Morgan fingerprint density at radius 2 is 1.71 bits per heavy atom. The SMILES string of the molecule is Nc1ncnc2c1ncn2[C@@H]1O[C@H](COP(=O)(O)OS(=O)(=O)O)[C@@H](OP(=O)(O)O)[C@H]1OS(=O)(=O)O. The number of anilines is 1. The van der Waals surface area contributed by atoms with Gasteiger partial charge in [-0.15, -0.1) is 3.97 Å². The van der Waals surface area contributed by atoms with Gasteiger partial charge < -0.3 is 25.2 Å². The number of imidazole rings is 1. The summed E-state index contributed by atoms with van der Waals surface area (Å²) >= 11 is 0. The zero-order chi connectivity index (χ0) is 26.4. The van der Waals surface area contributed by atoms with Crippen LogP contribution in [0.25, 0.3) is 11.2 Å². The van der Waals surface area contributed by atoms with Crippen molar-refractivity contribution < 1.29 is 71.7 Å². The van der Waals surface area contributed by atoms with Crippen LogP contribution in [0.15, 0.2) is 12.7 Å². The third-order valence-corrected chi connectivity index (χ3v) is 6.99. The fourth-order valence-electron chi connectivity index (χ4n) is 2.96. The molecule has 3 heterocycles. The van der Waals surface area contributed by atoms with Gasteiger partial charge in [-0.3, -0.25) is 22.7 Å². The summed E-state index contributed by atoms with van der Waals surface area (Å²) in [6.45, 7) is -1.26. The molecule has 7 N–H and O–H groups in total. The molecular weight excluding hydrogens is 572 g/mol. The Morgan fingerprint density at radius 1 is 1.06 bits per heavy atom. The lowest BCUT2D eigenvalue weighted by Gasteiger charge is -2.23. The topological polar surface area (TPSA) is 319 Å². The molecule has 0 bridgehead atoms. The highest BCUT2D eigenvalue weighted by Gasteiger charge is 2.53. The Bertz CT molecular complexity index is 1410. The van der Waals surface area contributed by atoms with E-state index in [2.05, 4.69) is 32.2 Å². The maximum Gasteiger partial charge on any atom is 0.488 e. The number of rotatable bonds is 10. The normalized spacial score (nSPS) is 25.6. The van der Waals surface area contributed by atoms with Crippen LogP contribution in [0.2, 0.25) is 0 Å². The van der Waals surface area contributed by atoms with Crippen LogP contribution in [0.3, 0.4) is 0 Å². The van der Waals surface area contributed by atoms with Gasteiger partial charge in [0.05, 0.1) is 12.9 Å². The second-order valence-electron chi connectivity index (χ2n) is 6.46. The number of phosphoric ester groups is 2. The summed E-state index contributed by atoms with van der Waals surface area (Å²) in [5.74, 6) is -0.134. The second kappa shape index (κ2) is 9.64. The zero-order valence-corrected chi connectivity index (χ0v) is 19.9. The Kier molecular flexibility index (Phi) is 7.68. The Hall–Kier alpha value is -1.69. The largest absolute Gasteiger partial charge is 0.488 e. The molecule has 1 aliphatic rings. The van der Waals surface area contributed by atoms with E-state index in [1.807, 2.05) is 0 Å². The van der Waals surface area contributed by atoms with E-state index in [0.29, 0.717) is 0 Å². The predicted molar refractivity (Wildman–Crippen MR) is 105 cm³/mol. The van der Waals surface area contributed by atoms with Crippen LogP contribution in [0.5, 0.6) is 0 Å². The van der Waals surface area contributed by atoms with Crippen molar-refractivity contribution in [2.75, 3.05) is 12.3 Å². The molecule has 1 unspecified atom stereocenters. The fraction of sp³-hybridized carbons (Fsp3) is 0.500. The monoisotopic (exact) mass is 587 g/mol. The van der Waals surface area contributed by atoms with Gasteiger partial charge in [-0.2, -0.15) is 16.8 Å². The highest BCUT2D eigenvalue weighted by atomic mass is 32.3. The van der Waals surface area contributed by atoms with E-state index in [0.717, 1.165) is 17.2 Å². The number of hydrogen-bond acceptors (Lipinski definition) is 15. The smallest absolute Gasteiger partial charge is 0.382 e. The Morgan fingerprint density at radius 3 is 2.29 bits per heavy atom. The molecule has 0 radical (unpaired) electrons. The van der Waals surface area contributed by atoms with Gasteiger partial charge in [-0.1, -0.05) is 0 Å². The quantitative estimate of drug-likeness (QED) is 0.128. The van der Waals surface area contributed by atoms with Gasteiger partial charge in [0.1, 0.15) is 24.1 Å². The molecular formula is C10H15N5O16P2S2. The maximum absolute atomic E-state index is 11.7. The van der Waals surface area contributed by atoms with Crippen LogP contribution in [0.4, 0.5) is 5.82 Å². The Labute approximate surface area is 194 Å². The summed E-state index contributed by atoms with van der Waals surface area (Å²) in [6.07, 6.45) is -6.08. The lowest BCUT2D eigenvalue weighted by Crippen LogP contribution is -2.39. The van der Waals surface area contributed by atoms with Crippen molar-refractivity contribution in [2.24, 2.45) is 0 Å². The summed E-state index contributed by atoms with van der Waals surface area (Å²) in [7, 11) is -21.9. The summed E-state index contributed by atoms with van der Waals surface area (Å²) < 4.78 is 108. The van der Waals surface area contributed by atoms with E-state index in [-0.39, 0.29) is 17.0 Å².